The maximum absolute atomic E-state index is 6.39. The Morgan fingerprint density at radius 1 is 1.47 bits per heavy atom. The number of hydrogen-bond acceptors (Lipinski definition) is 3. The fourth-order valence-electron chi connectivity index (χ4n) is 2.05. The SMILES string of the molecule is CSCC(C)N(C)c1ccc(CNC2CC2)c(Cl)c1. The molecule has 1 aliphatic carbocycles. The van der Waals surface area contributed by atoms with Gasteiger partial charge in [-0.1, -0.05) is 17.7 Å². The third-order valence-corrected chi connectivity index (χ3v) is 4.84. The lowest BCUT2D eigenvalue weighted by atomic mass is 10.1. The minimum Gasteiger partial charge on any atom is -0.371 e. The third kappa shape index (κ3) is 4.30. The Morgan fingerprint density at radius 3 is 2.79 bits per heavy atom. The first-order chi connectivity index (χ1) is 9.11. The molecule has 1 aromatic rings. The molecule has 0 heterocycles. The van der Waals surface area contributed by atoms with Gasteiger partial charge in [0.25, 0.3) is 0 Å². The molecule has 106 valence electrons. The molecule has 0 spiro atoms. The van der Waals surface area contributed by atoms with E-state index in [1.165, 1.54) is 24.1 Å². The fourth-order valence-corrected chi connectivity index (χ4v) is 3.00. The predicted octanol–water partition coefficient (Wildman–Crippen LogP) is 3.78. The second-order valence-electron chi connectivity index (χ2n) is 5.35. The lowest BCUT2D eigenvalue weighted by Crippen LogP contribution is -2.30. The van der Waals surface area contributed by atoms with Gasteiger partial charge in [-0.3, -0.25) is 0 Å². The number of anilines is 1. The summed E-state index contributed by atoms with van der Waals surface area (Å²) in [4.78, 5) is 2.29. The van der Waals surface area contributed by atoms with Gasteiger partial charge in [0.05, 0.1) is 0 Å². The maximum atomic E-state index is 6.39. The van der Waals surface area contributed by atoms with Crippen molar-refractivity contribution in [1.82, 2.24) is 5.32 Å². The molecule has 0 amide bonds. The summed E-state index contributed by atoms with van der Waals surface area (Å²) in [6, 6.07) is 7.64. The minimum absolute atomic E-state index is 0.515. The van der Waals surface area contributed by atoms with E-state index in [1.54, 1.807) is 0 Å². The molecule has 19 heavy (non-hydrogen) atoms. The topological polar surface area (TPSA) is 15.3 Å². The summed E-state index contributed by atoms with van der Waals surface area (Å²) in [7, 11) is 2.13. The Kier molecular flexibility index (Phi) is 5.43. The van der Waals surface area contributed by atoms with Crippen LogP contribution in [0.5, 0.6) is 0 Å². The molecule has 0 aliphatic heterocycles. The highest BCUT2D eigenvalue weighted by Crippen LogP contribution is 2.26. The first kappa shape index (κ1) is 15.0. The second kappa shape index (κ2) is 6.87. The van der Waals surface area contributed by atoms with Gasteiger partial charge in [-0.15, -0.1) is 0 Å². The Balaban J connectivity index is 1.99. The van der Waals surface area contributed by atoms with Crippen molar-refractivity contribution in [2.75, 3.05) is 24.0 Å². The zero-order chi connectivity index (χ0) is 13.8. The van der Waals surface area contributed by atoms with Gasteiger partial charge in [-0.05, 0) is 43.7 Å². The van der Waals surface area contributed by atoms with Gasteiger partial charge in [0.1, 0.15) is 0 Å². The van der Waals surface area contributed by atoms with Gasteiger partial charge in [0, 0.05) is 42.1 Å². The van der Waals surface area contributed by atoms with Crippen LogP contribution in [0.15, 0.2) is 18.2 Å². The second-order valence-corrected chi connectivity index (χ2v) is 6.66. The Morgan fingerprint density at radius 2 is 2.21 bits per heavy atom. The van der Waals surface area contributed by atoms with Crippen LogP contribution in [0.3, 0.4) is 0 Å². The van der Waals surface area contributed by atoms with Gasteiger partial charge in [-0.25, -0.2) is 0 Å². The van der Waals surface area contributed by atoms with Gasteiger partial charge in [0.2, 0.25) is 0 Å². The quantitative estimate of drug-likeness (QED) is 0.825. The highest BCUT2D eigenvalue weighted by molar-refractivity contribution is 7.98. The molecule has 1 saturated carbocycles. The molecule has 1 N–H and O–H groups in total. The highest BCUT2D eigenvalue weighted by Gasteiger charge is 2.20. The number of benzene rings is 1. The molecular formula is C15H23ClN2S. The Hall–Kier alpha value is -0.380. The van der Waals surface area contributed by atoms with Crippen LogP contribution < -0.4 is 10.2 Å². The maximum Gasteiger partial charge on any atom is 0.0471 e. The van der Waals surface area contributed by atoms with Gasteiger partial charge < -0.3 is 10.2 Å². The van der Waals surface area contributed by atoms with E-state index in [1.807, 2.05) is 11.8 Å². The van der Waals surface area contributed by atoms with Crippen LogP contribution in [0.25, 0.3) is 0 Å². The molecule has 1 aliphatic rings. The lowest BCUT2D eigenvalue weighted by molar-refractivity contribution is 0.687. The number of rotatable bonds is 7. The molecule has 1 fully saturated rings. The number of nitrogens with zero attached hydrogens (tertiary/aromatic N) is 1. The van der Waals surface area contributed by atoms with Crippen LogP contribution in [0.1, 0.15) is 25.3 Å². The van der Waals surface area contributed by atoms with Gasteiger partial charge in [0.15, 0.2) is 0 Å². The summed E-state index contributed by atoms with van der Waals surface area (Å²) in [5.41, 5.74) is 2.39. The summed E-state index contributed by atoms with van der Waals surface area (Å²) < 4.78 is 0. The molecule has 2 nitrogen and oxygen atoms in total. The zero-order valence-corrected chi connectivity index (χ0v) is 13.5. The number of thioether (sulfide) groups is 1. The van der Waals surface area contributed by atoms with Gasteiger partial charge >= 0.3 is 0 Å². The van der Waals surface area contributed by atoms with Crippen molar-refractivity contribution in [3.8, 4) is 0 Å². The Labute approximate surface area is 125 Å². The average Bonchev–Trinajstić information content (AvgIpc) is 3.20. The lowest BCUT2D eigenvalue weighted by Gasteiger charge is -2.27. The number of nitrogens with one attached hydrogen (secondary N) is 1. The fraction of sp³-hybridized carbons (Fsp3) is 0.600. The third-order valence-electron chi connectivity index (χ3n) is 3.67. The van der Waals surface area contributed by atoms with Crippen LogP contribution in [-0.2, 0) is 6.54 Å². The molecule has 1 aromatic carbocycles. The highest BCUT2D eigenvalue weighted by atomic mass is 35.5. The molecule has 0 bridgehead atoms. The van der Waals surface area contributed by atoms with Crippen molar-refractivity contribution in [2.24, 2.45) is 0 Å². The van der Waals surface area contributed by atoms with Crippen molar-refractivity contribution < 1.29 is 0 Å². The van der Waals surface area contributed by atoms with Gasteiger partial charge in [-0.2, -0.15) is 11.8 Å². The summed E-state index contributed by atoms with van der Waals surface area (Å²) >= 11 is 8.26. The van der Waals surface area contributed by atoms with Crippen molar-refractivity contribution in [3.63, 3.8) is 0 Å². The van der Waals surface area contributed by atoms with Crippen molar-refractivity contribution in [3.05, 3.63) is 28.8 Å². The van der Waals surface area contributed by atoms with Crippen LogP contribution in [0, 0.1) is 0 Å². The molecule has 0 aromatic heterocycles. The van der Waals surface area contributed by atoms with E-state index >= 15 is 0 Å². The average molecular weight is 299 g/mol. The van der Waals surface area contributed by atoms with Crippen molar-refractivity contribution in [2.45, 2.75) is 38.4 Å². The summed E-state index contributed by atoms with van der Waals surface area (Å²) in [5, 5.41) is 4.37. The molecule has 1 atom stereocenters. The van der Waals surface area contributed by atoms with E-state index in [9.17, 15) is 0 Å². The molecule has 0 saturated heterocycles. The van der Waals surface area contributed by atoms with Crippen molar-refractivity contribution in [1.29, 1.82) is 0 Å². The zero-order valence-electron chi connectivity index (χ0n) is 11.9. The van der Waals surface area contributed by atoms with E-state index < -0.39 is 0 Å². The number of hydrogen-bond donors (Lipinski definition) is 1. The van der Waals surface area contributed by atoms with E-state index in [-0.39, 0.29) is 0 Å². The molecule has 0 radical (unpaired) electrons. The normalized spacial score (nSPS) is 16.4. The summed E-state index contributed by atoms with van der Waals surface area (Å²) in [5.74, 6) is 1.12. The van der Waals surface area contributed by atoms with E-state index in [0.717, 1.165) is 23.4 Å². The standard InChI is InChI=1S/C15H23ClN2S/c1-11(10-19-3)18(2)14-7-4-12(15(16)8-14)9-17-13-5-6-13/h4,7-8,11,13,17H,5-6,9-10H2,1-3H3. The molecule has 4 heteroatoms. The monoisotopic (exact) mass is 298 g/mol. The first-order valence-corrected chi connectivity index (χ1v) is 8.62. The smallest absolute Gasteiger partial charge is 0.0471 e. The van der Waals surface area contributed by atoms with Crippen molar-refractivity contribution >= 4 is 29.1 Å². The largest absolute Gasteiger partial charge is 0.371 e. The summed E-state index contributed by atoms with van der Waals surface area (Å²) in [6.07, 6.45) is 4.76. The molecule has 2 rings (SSSR count). The molecule has 1 unspecified atom stereocenters. The van der Waals surface area contributed by atoms with Crippen LogP contribution in [0.2, 0.25) is 5.02 Å². The predicted molar refractivity (Wildman–Crippen MR) is 87.6 cm³/mol. The van der Waals surface area contributed by atoms with E-state index in [2.05, 4.69) is 48.6 Å². The first-order valence-electron chi connectivity index (χ1n) is 6.85. The minimum atomic E-state index is 0.515. The number of halogens is 1. The van der Waals surface area contributed by atoms with Crippen LogP contribution >= 0.6 is 23.4 Å². The Bertz CT molecular complexity index is 421. The van der Waals surface area contributed by atoms with E-state index in [0.29, 0.717) is 6.04 Å². The van der Waals surface area contributed by atoms with Crippen LogP contribution in [-0.4, -0.2) is 31.1 Å². The van der Waals surface area contributed by atoms with Crippen LogP contribution in [0.4, 0.5) is 5.69 Å². The summed E-state index contributed by atoms with van der Waals surface area (Å²) in [6.45, 7) is 3.13. The molecular weight excluding hydrogens is 276 g/mol. The van der Waals surface area contributed by atoms with E-state index in [4.69, 9.17) is 11.6 Å².